The Morgan fingerprint density at radius 2 is 1.22 bits per heavy atom. The van der Waals surface area contributed by atoms with E-state index in [1.807, 2.05) is 0 Å². The molecule has 0 aromatic heterocycles. The standard InChI is InChI=1S/C48H96N4O3/c1-5-7-8-9-10-11-12-13-14-15-16-17-30-52-31-18-22-39(3)40(6-2)23-24-41-35-44(54-33-20-28-50)38-45-47(41)46(55-34-21-29-51)37-42-36-43(53-32-19-27-49)25-26-48(42,45)4/h39-47,52H,5-38,49-51H2,1-4H3/t39-,40?,41-,42?,43-,44-,45+,46-,47?,48?/m1/s1. The lowest BCUT2D eigenvalue weighted by Crippen LogP contribution is -2.58. The van der Waals surface area contributed by atoms with Crippen molar-refractivity contribution in [2.24, 2.45) is 58.1 Å². The van der Waals surface area contributed by atoms with Crippen LogP contribution in [0.5, 0.6) is 0 Å². The van der Waals surface area contributed by atoms with Gasteiger partial charge in [-0.3, -0.25) is 0 Å². The summed E-state index contributed by atoms with van der Waals surface area (Å²) in [6.45, 7) is 16.8. The molecule has 0 bridgehead atoms. The maximum absolute atomic E-state index is 6.90. The Morgan fingerprint density at radius 3 is 1.84 bits per heavy atom. The largest absolute Gasteiger partial charge is 0.378 e. The lowest BCUT2D eigenvalue weighted by molar-refractivity contribution is -0.190. The van der Waals surface area contributed by atoms with Crippen LogP contribution >= 0.6 is 0 Å². The van der Waals surface area contributed by atoms with Crippen molar-refractivity contribution >= 4 is 0 Å². The number of fused-ring (bicyclic) bond motifs is 3. The summed E-state index contributed by atoms with van der Waals surface area (Å²) in [5, 5.41) is 3.78. The molecule has 326 valence electrons. The minimum atomic E-state index is 0.317. The molecule has 3 rings (SSSR count). The molecule has 3 aliphatic carbocycles. The van der Waals surface area contributed by atoms with E-state index < -0.39 is 0 Å². The highest BCUT2D eigenvalue weighted by Crippen LogP contribution is 2.62. The minimum Gasteiger partial charge on any atom is -0.378 e. The Kier molecular flexibility index (Phi) is 26.6. The SMILES string of the molecule is CCCCCCCCCCCCCCNCCC[C@@H](C)C(CC)CC[C@@H]1C[C@@H](OCCCN)C[C@H]2C1[C@H](OCCCN)CC1C[C@H](OCCCN)CCC12C. The van der Waals surface area contributed by atoms with Gasteiger partial charge >= 0.3 is 0 Å². The molecule has 7 nitrogen and oxygen atoms in total. The van der Waals surface area contributed by atoms with Crippen LogP contribution in [0.15, 0.2) is 0 Å². The van der Waals surface area contributed by atoms with Gasteiger partial charge in [0.25, 0.3) is 0 Å². The molecule has 7 heteroatoms. The number of unbranched alkanes of at least 4 members (excludes halogenated alkanes) is 11. The summed E-state index contributed by atoms with van der Waals surface area (Å²) in [5.41, 5.74) is 18.0. The van der Waals surface area contributed by atoms with Crippen molar-refractivity contribution in [1.82, 2.24) is 5.32 Å². The Balaban J connectivity index is 1.49. The van der Waals surface area contributed by atoms with Crippen LogP contribution in [0.3, 0.4) is 0 Å². The Bertz CT molecular complexity index is 910. The molecule has 7 N–H and O–H groups in total. The topological polar surface area (TPSA) is 118 Å². The van der Waals surface area contributed by atoms with Crippen molar-refractivity contribution in [1.29, 1.82) is 0 Å². The first-order chi connectivity index (χ1) is 26.9. The zero-order valence-corrected chi connectivity index (χ0v) is 37.2. The molecular formula is C48H96N4O3. The van der Waals surface area contributed by atoms with Crippen molar-refractivity contribution in [3.63, 3.8) is 0 Å². The molecule has 0 aromatic rings. The Labute approximate surface area is 342 Å². The van der Waals surface area contributed by atoms with Gasteiger partial charge in [-0.05, 0) is 164 Å². The Hall–Kier alpha value is -0.280. The average Bonchev–Trinajstić information content (AvgIpc) is 3.18. The van der Waals surface area contributed by atoms with Crippen LogP contribution in [-0.4, -0.2) is 70.9 Å². The quantitative estimate of drug-likeness (QED) is 0.0481. The predicted octanol–water partition coefficient (Wildman–Crippen LogP) is 10.6. The molecule has 3 aliphatic rings. The van der Waals surface area contributed by atoms with Crippen molar-refractivity contribution in [2.75, 3.05) is 52.5 Å². The number of hydrogen-bond acceptors (Lipinski definition) is 7. The molecule has 0 spiro atoms. The summed E-state index contributed by atoms with van der Waals surface area (Å²) in [4.78, 5) is 0. The molecule has 55 heavy (non-hydrogen) atoms. The summed E-state index contributed by atoms with van der Waals surface area (Å²) in [7, 11) is 0. The number of nitrogens with two attached hydrogens (primary N) is 3. The monoisotopic (exact) mass is 777 g/mol. The Morgan fingerprint density at radius 1 is 0.636 bits per heavy atom. The summed E-state index contributed by atoms with van der Waals surface area (Å²) < 4.78 is 20.0. The van der Waals surface area contributed by atoms with Gasteiger partial charge in [0.15, 0.2) is 0 Å². The molecule has 3 fully saturated rings. The molecular weight excluding hydrogens is 681 g/mol. The summed E-state index contributed by atoms with van der Waals surface area (Å²) in [6.07, 6.45) is 34.6. The highest BCUT2D eigenvalue weighted by molar-refractivity contribution is 5.07. The fourth-order valence-electron chi connectivity index (χ4n) is 11.4. The van der Waals surface area contributed by atoms with Crippen LogP contribution in [0.2, 0.25) is 0 Å². The fourth-order valence-corrected chi connectivity index (χ4v) is 11.4. The normalized spacial score (nSPS) is 29.2. The molecule has 0 amide bonds. The summed E-state index contributed by atoms with van der Waals surface area (Å²) >= 11 is 0. The minimum absolute atomic E-state index is 0.317. The molecule has 4 unspecified atom stereocenters. The van der Waals surface area contributed by atoms with E-state index in [1.165, 1.54) is 154 Å². The van der Waals surface area contributed by atoms with Gasteiger partial charge in [-0.1, -0.05) is 105 Å². The van der Waals surface area contributed by atoms with Gasteiger partial charge in [-0.15, -0.1) is 0 Å². The smallest absolute Gasteiger partial charge is 0.0611 e. The molecule has 3 saturated carbocycles. The van der Waals surface area contributed by atoms with E-state index in [1.54, 1.807) is 0 Å². The van der Waals surface area contributed by atoms with Gasteiger partial charge in [-0.25, -0.2) is 0 Å². The maximum atomic E-state index is 6.90. The summed E-state index contributed by atoms with van der Waals surface area (Å²) in [6, 6.07) is 0. The molecule has 0 aromatic carbocycles. The number of ether oxygens (including phenoxy) is 3. The fraction of sp³-hybridized carbons (Fsp3) is 1.00. The molecule has 0 saturated heterocycles. The molecule has 0 heterocycles. The van der Waals surface area contributed by atoms with Crippen molar-refractivity contribution in [3.05, 3.63) is 0 Å². The molecule has 0 aliphatic heterocycles. The van der Waals surface area contributed by atoms with Crippen LogP contribution in [0, 0.1) is 40.9 Å². The van der Waals surface area contributed by atoms with Gasteiger partial charge in [0.2, 0.25) is 0 Å². The second kappa shape index (κ2) is 29.9. The third-order valence-electron chi connectivity index (χ3n) is 14.9. The van der Waals surface area contributed by atoms with E-state index in [9.17, 15) is 0 Å². The van der Waals surface area contributed by atoms with E-state index in [0.717, 1.165) is 57.3 Å². The molecule has 10 atom stereocenters. The van der Waals surface area contributed by atoms with E-state index >= 15 is 0 Å². The van der Waals surface area contributed by atoms with Gasteiger partial charge in [0.05, 0.1) is 18.3 Å². The van der Waals surface area contributed by atoms with E-state index in [2.05, 4.69) is 33.0 Å². The highest BCUT2D eigenvalue weighted by Gasteiger charge is 2.58. The van der Waals surface area contributed by atoms with Crippen molar-refractivity contribution in [3.8, 4) is 0 Å². The van der Waals surface area contributed by atoms with Gasteiger partial charge in [-0.2, -0.15) is 0 Å². The second-order valence-electron chi connectivity index (χ2n) is 19.0. The predicted molar refractivity (Wildman–Crippen MR) is 235 cm³/mol. The first kappa shape index (κ1) is 49.1. The highest BCUT2D eigenvalue weighted by atomic mass is 16.5. The van der Waals surface area contributed by atoms with E-state index in [4.69, 9.17) is 31.4 Å². The van der Waals surface area contributed by atoms with Gasteiger partial charge < -0.3 is 36.7 Å². The van der Waals surface area contributed by atoms with Crippen LogP contribution in [0.1, 0.15) is 195 Å². The zero-order valence-electron chi connectivity index (χ0n) is 37.2. The lowest BCUT2D eigenvalue weighted by atomic mass is 9.46. The third-order valence-corrected chi connectivity index (χ3v) is 14.9. The zero-order chi connectivity index (χ0) is 39.6. The first-order valence-corrected chi connectivity index (χ1v) is 24.6. The van der Waals surface area contributed by atoms with Crippen LogP contribution < -0.4 is 22.5 Å². The van der Waals surface area contributed by atoms with Crippen LogP contribution in [-0.2, 0) is 14.2 Å². The number of hydrogen-bond donors (Lipinski definition) is 4. The second-order valence-corrected chi connectivity index (χ2v) is 19.0. The van der Waals surface area contributed by atoms with E-state index in [0.29, 0.717) is 67.0 Å². The average molecular weight is 777 g/mol. The van der Waals surface area contributed by atoms with Crippen molar-refractivity contribution in [2.45, 2.75) is 213 Å². The van der Waals surface area contributed by atoms with Crippen LogP contribution in [0.4, 0.5) is 0 Å². The van der Waals surface area contributed by atoms with Crippen molar-refractivity contribution < 1.29 is 14.2 Å². The van der Waals surface area contributed by atoms with Gasteiger partial charge in [0, 0.05) is 19.8 Å². The number of rotatable bonds is 34. The lowest BCUT2D eigenvalue weighted by Gasteiger charge is -2.61. The summed E-state index contributed by atoms with van der Waals surface area (Å²) in [5.74, 6) is 4.09. The van der Waals surface area contributed by atoms with Crippen LogP contribution in [0.25, 0.3) is 0 Å². The molecule has 0 radical (unpaired) electrons. The first-order valence-electron chi connectivity index (χ1n) is 24.6. The van der Waals surface area contributed by atoms with Gasteiger partial charge in [0.1, 0.15) is 0 Å². The maximum Gasteiger partial charge on any atom is 0.0611 e. The van der Waals surface area contributed by atoms with E-state index in [-0.39, 0.29) is 0 Å². The number of nitrogens with one attached hydrogen (secondary N) is 1. The third kappa shape index (κ3) is 17.9.